The first-order valence-electron chi connectivity index (χ1n) is 6.38. The second kappa shape index (κ2) is 5.73. The Labute approximate surface area is 120 Å². The Morgan fingerprint density at radius 1 is 1.52 bits per heavy atom. The van der Waals surface area contributed by atoms with Gasteiger partial charge in [-0.05, 0) is 13.0 Å². The third kappa shape index (κ3) is 2.91. The Kier molecular flexibility index (Phi) is 4.01. The topological polar surface area (TPSA) is 99.1 Å². The molecular weight excluding hydrogens is 276 g/mol. The summed E-state index contributed by atoms with van der Waals surface area (Å²) in [5.74, 6) is -0.494. The first kappa shape index (κ1) is 14.7. The number of hydrogen-bond acceptors (Lipinski definition) is 5. The van der Waals surface area contributed by atoms with Crippen LogP contribution in [0.15, 0.2) is 18.5 Å². The van der Waals surface area contributed by atoms with Gasteiger partial charge in [0, 0.05) is 26.8 Å². The summed E-state index contributed by atoms with van der Waals surface area (Å²) in [5, 5.41) is 19.0. The number of amides is 1. The van der Waals surface area contributed by atoms with Crippen molar-refractivity contribution in [3.8, 4) is 0 Å². The maximum atomic E-state index is 12.3. The van der Waals surface area contributed by atoms with Crippen molar-refractivity contribution in [2.45, 2.75) is 20.0 Å². The molecule has 2 heterocycles. The van der Waals surface area contributed by atoms with Crippen molar-refractivity contribution < 1.29 is 9.72 Å². The molecule has 2 aromatic heterocycles. The molecule has 1 amide bonds. The molecule has 0 bridgehead atoms. The number of carbonyl (C=O) groups is 1. The van der Waals surface area contributed by atoms with Crippen LogP contribution >= 0.6 is 0 Å². The summed E-state index contributed by atoms with van der Waals surface area (Å²) in [6.45, 7) is 2.94. The smallest absolute Gasteiger partial charge is 0.320 e. The molecule has 0 aliphatic rings. The lowest BCUT2D eigenvalue weighted by molar-refractivity contribution is -0.385. The number of aromatic nitrogens is 4. The molecule has 0 N–H and O–H groups in total. The molecule has 0 radical (unpaired) electrons. The second-order valence-corrected chi connectivity index (χ2v) is 4.59. The number of nitrogens with zero attached hydrogens (tertiary/aromatic N) is 6. The maximum Gasteiger partial charge on any atom is 0.320 e. The van der Waals surface area contributed by atoms with Crippen molar-refractivity contribution in [3.05, 3.63) is 40.0 Å². The van der Waals surface area contributed by atoms with E-state index in [0.717, 1.165) is 5.69 Å². The molecule has 0 spiro atoms. The van der Waals surface area contributed by atoms with E-state index in [4.69, 9.17) is 0 Å². The molecule has 2 aromatic rings. The lowest BCUT2D eigenvalue weighted by Crippen LogP contribution is -2.28. The van der Waals surface area contributed by atoms with E-state index in [9.17, 15) is 14.9 Å². The van der Waals surface area contributed by atoms with Crippen LogP contribution in [0.3, 0.4) is 0 Å². The predicted octanol–water partition coefficient (Wildman–Crippen LogP) is 0.817. The van der Waals surface area contributed by atoms with Gasteiger partial charge in [-0.1, -0.05) is 0 Å². The summed E-state index contributed by atoms with van der Waals surface area (Å²) in [7, 11) is 3.11. The Morgan fingerprint density at radius 3 is 2.86 bits per heavy atom. The van der Waals surface area contributed by atoms with Crippen molar-refractivity contribution in [1.29, 1.82) is 0 Å². The van der Waals surface area contributed by atoms with Crippen LogP contribution in [-0.2, 0) is 20.1 Å². The number of rotatable bonds is 5. The molecule has 112 valence electrons. The van der Waals surface area contributed by atoms with E-state index in [1.165, 1.54) is 22.8 Å². The van der Waals surface area contributed by atoms with Crippen LogP contribution in [0.1, 0.15) is 23.1 Å². The van der Waals surface area contributed by atoms with Gasteiger partial charge in [-0.15, -0.1) is 0 Å². The molecule has 0 fully saturated rings. The van der Waals surface area contributed by atoms with Crippen LogP contribution in [0.25, 0.3) is 0 Å². The molecule has 0 aliphatic heterocycles. The zero-order valence-corrected chi connectivity index (χ0v) is 12.1. The molecule has 21 heavy (non-hydrogen) atoms. The molecule has 0 atom stereocenters. The van der Waals surface area contributed by atoms with E-state index in [2.05, 4.69) is 10.2 Å². The SMILES string of the molecule is CCn1nccc1CN(C)C(=O)c1nn(C)cc1[N+](=O)[O-]. The van der Waals surface area contributed by atoms with Gasteiger partial charge in [0.25, 0.3) is 5.91 Å². The van der Waals surface area contributed by atoms with Crippen molar-refractivity contribution in [2.75, 3.05) is 7.05 Å². The maximum absolute atomic E-state index is 12.3. The average molecular weight is 292 g/mol. The zero-order valence-electron chi connectivity index (χ0n) is 12.1. The summed E-state index contributed by atoms with van der Waals surface area (Å²) >= 11 is 0. The van der Waals surface area contributed by atoms with Gasteiger partial charge in [0.2, 0.25) is 5.69 Å². The second-order valence-electron chi connectivity index (χ2n) is 4.59. The van der Waals surface area contributed by atoms with E-state index in [1.807, 2.05) is 6.92 Å². The fraction of sp³-hybridized carbons (Fsp3) is 0.417. The number of hydrogen-bond donors (Lipinski definition) is 0. The van der Waals surface area contributed by atoms with Gasteiger partial charge in [0.15, 0.2) is 0 Å². The summed E-state index contributed by atoms with van der Waals surface area (Å²) < 4.78 is 3.02. The minimum Gasteiger partial charge on any atom is -0.334 e. The lowest BCUT2D eigenvalue weighted by Gasteiger charge is -2.16. The summed E-state index contributed by atoms with van der Waals surface area (Å²) in [5.41, 5.74) is 0.401. The van der Waals surface area contributed by atoms with Crippen LogP contribution in [-0.4, -0.2) is 42.3 Å². The van der Waals surface area contributed by atoms with Crippen molar-refractivity contribution in [2.24, 2.45) is 7.05 Å². The van der Waals surface area contributed by atoms with Gasteiger partial charge in [-0.2, -0.15) is 10.2 Å². The highest BCUT2D eigenvalue weighted by Gasteiger charge is 2.27. The molecular formula is C12H16N6O3. The number of carbonyl (C=O) groups excluding carboxylic acids is 1. The van der Waals surface area contributed by atoms with Gasteiger partial charge < -0.3 is 4.90 Å². The molecule has 9 nitrogen and oxygen atoms in total. The predicted molar refractivity (Wildman–Crippen MR) is 73.6 cm³/mol. The zero-order chi connectivity index (χ0) is 15.6. The molecule has 0 unspecified atom stereocenters. The lowest BCUT2D eigenvalue weighted by atomic mass is 10.3. The van der Waals surface area contributed by atoms with Crippen LogP contribution in [0.2, 0.25) is 0 Å². The van der Waals surface area contributed by atoms with Crippen LogP contribution in [0.4, 0.5) is 5.69 Å². The fourth-order valence-corrected chi connectivity index (χ4v) is 2.04. The Balaban J connectivity index is 2.22. The van der Waals surface area contributed by atoms with Crippen LogP contribution < -0.4 is 0 Å². The van der Waals surface area contributed by atoms with Gasteiger partial charge in [-0.3, -0.25) is 24.3 Å². The minimum absolute atomic E-state index is 0.160. The minimum atomic E-state index is -0.607. The monoisotopic (exact) mass is 292 g/mol. The van der Waals surface area contributed by atoms with E-state index in [1.54, 1.807) is 24.0 Å². The van der Waals surface area contributed by atoms with E-state index >= 15 is 0 Å². The van der Waals surface area contributed by atoms with Crippen molar-refractivity contribution >= 4 is 11.6 Å². The highest BCUT2D eigenvalue weighted by Crippen LogP contribution is 2.18. The number of aryl methyl sites for hydroxylation is 2. The Hall–Kier alpha value is -2.71. The molecule has 2 rings (SSSR count). The van der Waals surface area contributed by atoms with Crippen molar-refractivity contribution in [1.82, 2.24) is 24.5 Å². The summed E-state index contributed by atoms with van der Waals surface area (Å²) in [6, 6.07) is 1.81. The first-order valence-corrected chi connectivity index (χ1v) is 6.38. The summed E-state index contributed by atoms with van der Waals surface area (Å²) in [6.07, 6.45) is 2.87. The Morgan fingerprint density at radius 2 is 2.24 bits per heavy atom. The van der Waals surface area contributed by atoms with E-state index in [0.29, 0.717) is 13.1 Å². The molecule has 0 aromatic carbocycles. The van der Waals surface area contributed by atoms with Crippen molar-refractivity contribution in [3.63, 3.8) is 0 Å². The molecule has 0 saturated heterocycles. The van der Waals surface area contributed by atoms with Gasteiger partial charge in [-0.25, -0.2) is 0 Å². The van der Waals surface area contributed by atoms with Crippen LogP contribution in [0, 0.1) is 10.1 Å². The number of nitro groups is 1. The molecule has 0 aliphatic carbocycles. The standard InChI is InChI=1S/C12H16N6O3/c1-4-17-9(5-6-13-17)7-15(2)12(19)11-10(18(20)21)8-16(3)14-11/h5-6,8H,4,7H2,1-3H3. The fourth-order valence-electron chi connectivity index (χ4n) is 2.04. The molecule has 0 saturated carbocycles. The molecule has 9 heteroatoms. The van der Waals surface area contributed by atoms with E-state index in [-0.39, 0.29) is 11.4 Å². The average Bonchev–Trinajstić information content (AvgIpc) is 3.03. The normalized spacial score (nSPS) is 10.6. The quantitative estimate of drug-likeness (QED) is 0.600. The third-order valence-corrected chi connectivity index (χ3v) is 3.06. The Bertz CT molecular complexity index is 674. The largest absolute Gasteiger partial charge is 0.334 e. The highest BCUT2D eigenvalue weighted by atomic mass is 16.6. The first-order chi connectivity index (χ1) is 9.93. The van der Waals surface area contributed by atoms with E-state index < -0.39 is 10.8 Å². The van der Waals surface area contributed by atoms with Gasteiger partial charge in [0.05, 0.1) is 17.2 Å². The highest BCUT2D eigenvalue weighted by molar-refractivity contribution is 5.95. The van der Waals surface area contributed by atoms with Gasteiger partial charge >= 0.3 is 5.69 Å². The van der Waals surface area contributed by atoms with Crippen LogP contribution in [0.5, 0.6) is 0 Å². The van der Waals surface area contributed by atoms with Gasteiger partial charge in [0.1, 0.15) is 6.20 Å². The third-order valence-electron chi connectivity index (χ3n) is 3.06. The summed E-state index contributed by atoms with van der Waals surface area (Å²) in [4.78, 5) is 24.1.